The van der Waals surface area contributed by atoms with Gasteiger partial charge in [0, 0.05) is 28.0 Å². The summed E-state index contributed by atoms with van der Waals surface area (Å²) in [5.74, 6) is 0. The molecule has 0 aliphatic heterocycles. The third kappa shape index (κ3) is 3.65. The number of aromatic nitrogens is 1. The summed E-state index contributed by atoms with van der Waals surface area (Å²) >= 11 is 5.36. The van der Waals surface area contributed by atoms with Gasteiger partial charge in [-0.25, -0.2) is 4.98 Å². The zero-order valence-electron chi connectivity index (χ0n) is 11.5. The maximum Gasteiger partial charge on any atom is 0.0947 e. The molecule has 1 aromatic heterocycles. The number of hydrogen-bond acceptors (Lipinski definition) is 3. The minimum absolute atomic E-state index is 0.327. The summed E-state index contributed by atoms with van der Waals surface area (Å²) in [5.41, 5.74) is 3.77. The number of aryl methyl sites for hydroxylation is 1. The number of rotatable bonds is 5. The second-order valence-corrected chi connectivity index (χ2v) is 6.45. The molecule has 4 heteroatoms. The maximum atomic E-state index is 4.58. The number of halogens is 1. The first-order valence-corrected chi connectivity index (χ1v) is 8.18. The minimum atomic E-state index is 0.327. The Balaban J connectivity index is 2.26. The van der Waals surface area contributed by atoms with Crippen molar-refractivity contribution < 1.29 is 0 Å². The molecule has 1 unspecified atom stereocenters. The Morgan fingerprint density at radius 2 is 2.16 bits per heavy atom. The number of thiazole rings is 1. The molecule has 102 valence electrons. The number of nitrogens with zero attached hydrogens (tertiary/aromatic N) is 1. The molecule has 1 heterocycles. The first-order chi connectivity index (χ1) is 9.11. The molecule has 19 heavy (non-hydrogen) atoms. The van der Waals surface area contributed by atoms with Gasteiger partial charge in [-0.1, -0.05) is 35.0 Å². The molecule has 2 aromatic rings. The zero-order valence-corrected chi connectivity index (χ0v) is 13.9. The first kappa shape index (κ1) is 14.7. The highest BCUT2D eigenvalue weighted by Crippen LogP contribution is 2.27. The Bertz CT molecular complexity index is 551. The van der Waals surface area contributed by atoms with E-state index in [-0.39, 0.29) is 0 Å². The van der Waals surface area contributed by atoms with Crippen LogP contribution in [0.2, 0.25) is 0 Å². The molecule has 1 aromatic carbocycles. The second kappa shape index (κ2) is 6.64. The number of benzene rings is 1. The fourth-order valence-corrected chi connectivity index (χ4v) is 3.41. The number of likely N-dealkylation sites (N-methyl/N-ethyl adjacent to an activating group) is 1. The Morgan fingerprint density at radius 1 is 1.37 bits per heavy atom. The molecular formula is C15H19BrN2S. The Morgan fingerprint density at radius 3 is 2.79 bits per heavy atom. The van der Waals surface area contributed by atoms with Crippen LogP contribution in [0, 0.1) is 13.8 Å². The zero-order chi connectivity index (χ0) is 13.8. The van der Waals surface area contributed by atoms with Crippen LogP contribution < -0.4 is 5.32 Å². The topological polar surface area (TPSA) is 24.9 Å². The van der Waals surface area contributed by atoms with E-state index >= 15 is 0 Å². The van der Waals surface area contributed by atoms with E-state index in [1.54, 1.807) is 11.3 Å². The van der Waals surface area contributed by atoms with E-state index in [0.717, 1.165) is 18.7 Å². The fourth-order valence-electron chi connectivity index (χ4n) is 2.21. The Kier molecular flexibility index (Phi) is 5.13. The van der Waals surface area contributed by atoms with Crippen LogP contribution in [-0.2, 0) is 6.42 Å². The SMILES string of the molecule is CCNC(Cc1nc(C)cs1)c1cccc(Br)c1C. The summed E-state index contributed by atoms with van der Waals surface area (Å²) < 4.78 is 1.17. The highest BCUT2D eigenvalue weighted by Gasteiger charge is 2.16. The van der Waals surface area contributed by atoms with Crippen molar-refractivity contribution in [1.29, 1.82) is 0 Å². The predicted molar refractivity (Wildman–Crippen MR) is 85.9 cm³/mol. The summed E-state index contributed by atoms with van der Waals surface area (Å²) in [7, 11) is 0. The Hall–Kier alpha value is -0.710. The lowest BCUT2D eigenvalue weighted by molar-refractivity contribution is 0.545. The summed E-state index contributed by atoms with van der Waals surface area (Å²) in [6.45, 7) is 7.32. The smallest absolute Gasteiger partial charge is 0.0947 e. The summed E-state index contributed by atoms with van der Waals surface area (Å²) in [5, 5.41) is 6.88. The molecule has 0 aliphatic carbocycles. The molecule has 0 amide bonds. The van der Waals surface area contributed by atoms with Crippen LogP contribution >= 0.6 is 27.3 Å². The van der Waals surface area contributed by atoms with Gasteiger partial charge in [-0.2, -0.15) is 0 Å². The molecule has 0 saturated carbocycles. The molecule has 1 N–H and O–H groups in total. The second-order valence-electron chi connectivity index (χ2n) is 4.65. The van der Waals surface area contributed by atoms with Gasteiger partial charge in [-0.3, -0.25) is 0 Å². The monoisotopic (exact) mass is 338 g/mol. The molecular weight excluding hydrogens is 320 g/mol. The normalized spacial score (nSPS) is 12.6. The van der Waals surface area contributed by atoms with Crippen molar-refractivity contribution in [2.75, 3.05) is 6.54 Å². The quantitative estimate of drug-likeness (QED) is 0.872. The summed E-state index contributed by atoms with van der Waals surface area (Å²) in [4.78, 5) is 4.58. The van der Waals surface area contributed by atoms with Crippen LogP contribution in [-0.4, -0.2) is 11.5 Å². The lowest BCUT2D eigenvalue weighted by Gasteiger charge is -2.20. The highest BCUT2D eigenvalue weighted by molar-refractivity contribution is 9.10. The average molecular weight is 339 g/mol. The molecule has 0 fully saturated rings. The first-order valence-electron chi connectivity index (χ1n) is 6.51. The minimum Gasteiger partial charge on any atom is -0.310 e. The van der Waals surface area contributed by atoms with E-state index in [2.05, 4.69) is 63.7 Å². The largest absolute Gasteiger partial charge is 0.310 e. The van der Waals surface area contributed by atoms with Crippen molar-refractivity contribution in [2.45, 2.75) is 33.2 Å². The van der Waals surface area contributed by atoms with Crippen molar-refractivity contribution >= 4 is 27.3 Å². The van der Waals surface area contributed by atoms with E-state index in [1.165, 1.54) is 20.6 Å². The lowest BCUT2D eigenvalue weighted by atomic mass is 9.99. The van der Waals surface area contributed by atoms with Gasteiger partial charge in [0.05, 0.1) is 5.01 Å². The standard InChI is InChI=1S/C15H19BrN2S/c1-4-17-14(8-15-18-10(2)9-19-15)12-6-5-7-13(16)11(12)3/h5-7,9,14,17H,4,8H2,1-3H3. The van der Waals surface area contributed by atoms with E-state index in [4.69, 9.17) is 0 Å². The third-order valence-corrected chi connectivity index (χ3v) is 5.03. The van der Waals surface area contributed by atoms with Gasteiger partial charge in [0.15, 0.2) is 0 Å². The Labute approximate surface area is 127 Å². The van der Waals surface area contributed by atoms with Gasteiger partial charge in [0.25, 0.3) is 0 Å². The predicted octanol–water partition coefficient (Wildman–Crippen LogP) is 4.42. The van der Waals surface area contributed by atoms with Crippen LogP contribution in [0.1, 0.15) is 34.8 Å². The van der Waals surface area contributed by atoms with Crippen molar-refractivity contribution in [2.24, 2.45) is 0 Å². The highest BCUT2D eigenvalue weighted by atomic mass is 79.9. The summed E-state index contributed by atoms with van der Waals surface area (Å²) in [6.07, 6.45) is 0.948. The van der Waals surface area contributed by atoms with Gasteiger partial charge in [-0.05, 0) is 37.6 Å². The molecule has 0 spiro atoms. The van der Waals surface area contributed by atoms with Gasteiger partial charge in [0.2, 0.25) is 0 Å². The van der Waals surface area contributed by atoms with Crippen molar-refractivity contribution in [3.8, 4) is 0 Å². The van der Waals surface area contributed by atoms with Crippen LogP contribution in [0.3, 0.4) is 0 Å². The van der Waals surface area contributed by atoms with E-state index in [0.29, 0.717) is 6.04 Å². The average Bonchev–Trinajstić information content (AvgIpc) is 2.78. The van der Waals surface area contributed by atoms with Gasteiger partial charge < -0.3 is 5.32 Å². The molecule has 0 bridgehead atoms. The molecule has 2 rings (SSSR count). The fraction of sp³-hybridized carbons (Fsp3) is 0.400. The molecule has 0 saturated heterocycles. The van der Waals surface area contributed by atoms with E-state index < -0.39 is 0 Å². The van der Waals surface area contributed by atoms with Crippen LogP contribution in [0.25, 0.3) is 0 Å². The van der Waals surface area contributed by atoms with Crippen molar-refractivity contribution in [1.82, 2.24) is 10.3 Å². The molecule has 1 atom stereocenters. The number of hydrogen-bond donors (Lipinski definition) is 1. The van der Waals surface area contributed by atoms with Gasteiger partial charge >= 0.3 is 0 Å². The van der Waals surface area contributed by atoms with Crippen molar-refractivity contribution in [3.63, 3.8) is 0 Å². The van der Waals surface area contributed by atoms with Gasteiger partial charge in [0.1, 0.15) is 0 Å². The maximum absolute atomic E-state index is 4.58. The van der Waals surface area contributed by atoms with Crippen molar-refractivity contribution in [3.05, 3.63) is 49.9 Å². The van der Waals surface area contributed by atoms with Gasteiger partial charge in [-0.15, -0.1) is 11.3 Å². The van der Waals surface area contributed by atoms with Crippen LogP contribution in [0.15, 0.2) is 28.1 Å². The summed E-state index contributed by atoms with van der Waals surface area (Å²) in [6, 6.07) is 6.72. The molecule has 0 aliphatic rings. The van der Waals surface area contributed by atoms with E-state index in [9.17, 15) is 0 Å². The van der Waals surface area contributed by atoms with E-state index in [1.807, 2.05) is 6.92 Å². The van der Waals surface area contributed by atoms with Crippen LogP contribution in [0.5, 0.6) is 0 Å². The number of nitrogens with one attached hydrogen (secondary N) is 1. The van der Waals surface area contributed by atoms with Crippen LogP contribution in [0.4, 0.5) is 0 Å². The molecule has 0 radical (unpaired) electrons. The third-order valence-electron chi connectivity index (χ3n) is 3.18. The lowest BCUT2D eigenvalue weighted by Crippen LogP contribution is -2.23. The molecule has 2 nitrogen and oxygen atoms in total.